The van der Waals surface area contributed by atoms with E-state index in [1.54, 1.807) is 28.6 Å². The van der Waals surface area contributed by atoms with Crippen molar-refractivity contribution in [2.24, 2.45) is 0 Å². The molecule has 1 fully saturated rings. The molecule has 0 bridgehead atoms. The summed E-state index contributed by atoms with van der Waals surface area (Å²) in [5.41, 5.74) is 6.25. The maximum Gasteiger partial charge on any atom is 0.217 e. The first kappa shape index (κ1) is 16.1. The van der Waals surface area contributed by atoms with Crippen LogP contribution < -0.4 is 10.5 Å². The lowest BCUT2D eigenvalue weighted by Gasteiger charge is -2.20. The van der Waals surface area contributed by atoms with Crippen LogP contribution in [-0.4, -0.2) is 63.2 Å². The van der Waals surface area contributed by atoms with E-state index in [1.165, 1.54) is 0 Å². The minimum Gasteiger partial charge on any atom is -0.492 e. The first-order chi connectivity index (χ1) is 9.97. The monoisotopic (exact) mass is 313 g/mol. The second kappa shape index (κ2) is 7.11. The average molecular weight is 313 g/mol. The maximum atomic E-state index is 12.3. The number of anilines is 1. The maximum absolute atomic E-state index is 12.3. The van der Waals surface area contributed by atoms with Crippen LogP contribution in [0.5, 0.6) is 5.75 Å². The topological polar surface area (TPSA) is 75.9 Å². The standard InChI is InChI=1S/C14H23N3O3S/c1-16-6-3-7-17(9-8-16)21(18,19)11-10-20-14-5-2-4-13(15)12-14/h2,4-5,12H,3,6-11,15H2,1H3. The Bertz CT molecular complexity index is 562. The molecule has 2 N–H and O–H groups in total. The summed E-state index contributed by atoms with van der Waals surface area (Å²) in [5, 5.41) is 0. The number of hydrogen-bond donors (Lipinski definition) is 1. The molecule has 7 heteroatoms. The molecule has 0 aliphatic carbocycles. The number of hydrogen-bond acceptors (Lipinski definition) is 5. The highest BCUT2D eigenvalue weighted by Crippen LogP contribution is 2.15. The fourth-order valence-corrected chi connectivity index (χ4v) is 3.62. The number of rotatable bonds is 5. The van der Waals surface area contributed by atoms with Crippen LogP contribution >= 0.6 is 0 Å². The third-order valence-corrected chi connectivity index (χ3v) is 5.37. The van der Waals surface area contributed by atoms with Gasteiger partial charge in [-0.25, -0.2) is 12.7 Å². The molecule has 0 saturated carbocycles. The quantitative estimate of drug-likeness (QED) is 0.806. The Labute approximate surface area is 126 Å². The van der Waals surface area contributed by atoms with Gasteiger partial charge in [-0.3, -0.25) is 0 Å². The van der Waals surface area contributed by atoms with Crippen LogP contribution in [0.4, 0.5) is 5.69 Å². The van der Waals surface area contributed by atoms with Gasteiger partial charge in [-0.05, 0) is 32.1 Å². The zero-order chi connectivity index (χ0) is 15.3. The predicted octanol–water partition coefficient (Wildman–Crippen LogP) is 0.615. The van der Waals surface area contributed by atoms with Gasteiger partial charge in [0.25, 0.3) is 0 Å². The number of ether oxygens (including phenoxy) is 1. The van der Waals surface area contributed by atoms with Gasteiger partial charge in [0.15, 0.2) is 0 Å². The van der Waals surface area contributed by atoms with Crippen LogP contribution in [0.25, 0.3) is 0 Å². The number of sulfonamides is 1. The molecule has 0 atom stereocenters. The molecule has 1 heterocycles. The van der Waals surface area contributed by atoms with Gasteiger partial charge in [0.05, 0.1) is 5.75 Å². The molecule has 0 aromatic heterocycles. The first-order valence-electron chi connectivity index (χ1n) is 7.12. The number of nitrogen functional groups attached to an aromatic ring is 1. The number of likely N-dealkylation sites (N-methyl/N-ethyl adjacent to an activating group) is 1. The van der Waals surface area contributed by atoms with E-state index >= 15 is 0 Å². The van der Waals surface area contributed by atoms with E-state index in [1.807, 2.05) is 7.05 Å². The van der Waals surface area contributed by atoms with E-state index in [0.29, 0.717) is 24.5 Å². The van der Waals surface area contributed by atoms with Gasteiger partial charge in [-0.15, -0.1) is 0 Å². The van der Waals surface area contributed by atoms with Crippen LogP contribution in [0.3, 0.4) is 0 Å². The zero-order valence-corrected chi connectivity index (χ0v) is 13.2. The summed E-state index contributed by atoms with van der Waals surface area (Å²) < 4.78 is 31.6. The summed E-state index contributed by atoms with van der Waals surface area (Å²) >= 11 is 0. The number of nitrogens with zero attached hydrogens (tertiary/aromatic N) is 2. The number of nitrogens with two attached hydrogens (primary N) is 1. The minimum atomic E-state index is -3.26. The summed E-state index contributed by atoms with van der Waals surface area (Å²) in [6, 6.07) is 7.00. The number of benzene rings is 1. The fraction of sp³-hybridized carbons (Fsp3) is 0.571. The van der Waals surface area contributed by atoms with Crippen LogP contribution in [0, 0.1) is 0 Å². The molecule has 0 spiro atoms. The van der Waals surface area contributed by atoms with Crippen molar-refractivity contribution in [2.45, 2.75) is 6.42 Å². The average Bonchev–Trinajstić information content (AvgIpc) is 2.64. The summed E-state index contributed by atoms with van der Waals surface area (Å²) in [7, 11) is -1.25. The molecule has 1 saturated heterocycles. The molecule has 1 aromatic rings. The third-order valence-electron chi connectivity index (χ3n) is 3.54. The Balaban J connectivity index is 1.86. The van der Waals surface area contributed by atoms with E-state index in [9.17, 15) is 8.42 Å². The normalized spacial score (nSPS) is 18.3. The van der Waals surface area contributed by atoms with Crippen LogP contribution in [0.2, 0.25) is 0 Å². The van der Waals surface area contributed by atoms with Gasteiger partial charge >= 0.3 is 0 Å². The van der Waals surface area contributed by atoms with Crippen LogP contribution in [-0.2, 0) is 10.0 Å². The van der Waals surface area contributed by atoms with Gasteiger partial charge < -0.3 is 15.4 Å². The summed E-state index contributed by atoms with van der Waals surface area (Å²) in [5.74, 6) is 0.590. The highest BCUT2D eigenvalue weighted by Gasteiger charge is 2.24. The SMILES string of the molecule is CN1CCCN(S(=O)(=O)CCOc2cccc(N)c2)CC1. The Morgan fingerprint density at radius 2 is 2.05 bits per heavy atom. The van der Waals surface area contributed by atoms with Crippen molar-refractivity contribution in [3.05, 3.63) is 24.3 Å². The Kier molecular flexibility index (Phi) is 5.44. The lowest BCUT2D eigenvalue weighted by Crippen LogP contribution is -2.37. The lowest BCUT2D eigenvalue weighted by molar-refractivity contribution is 0.331. The summed E-state index contributed by atoms with van der Waals surface area (Å²) in [4.78, 5) is 2.15. The smallest absolute Gasteiger partial charge is 0.217 e. The molecule has 1 aromatic carbocycles. The fourth-order valence-electron chi connectivity index (χ4n) is 2.30. The van der Waals surface area contributed by atoms with E-state index in [4.69, 9.17) is 10.5 Å². The third kappa shape index (κ3) is 4.87. The van der Waals surface area contributed by atoms with Crippen LogP contribution in [0.1, 0.15) is 6.42 Å². The van der Waals surface area contributed by atoms with Gasteiger partial charge in [-0.1, -0.05) is 6.07 Å². The summed E-state index contributed by atoms with van der Waals surface area (Å²) in [6.07, 6.45) is 0.867. The second-order valence-corrected chi connectivity index (χ2v) is 7.38. The molecule has 118 valence electrons. The molecule has 2 rings (SSSR count). The van der Waals surface area contributed by atoms with Gasteiger partial charge in [0.1, 0.15) is 12.4 Å². The van der Waals surface area contributed by atoms with Gasteiger partial charge in [-0.2, -0.15) is 0 Å². The molecular formula is C14H23N3O3S. The molecule has 6 nitrogen and oxygen atoms in total. The molecule has 21 heavy (non-hydrogen) atoms. The highest BCUT2D eigenvalue weighted by molar-refractivity contribution is 7.89. The molecule has 0 radical (unpaired) electrons. The van der Waals surface area contributed by atoms with Crippen molar-refractivity contribution >= 4 is 15.7 Å². The van der Waals surface area contributed by atoms with Crippen molar-refractivity contribution in [1.82, 2.24) is 9.21 Å². The zero-order valence-electron chi connectivity index (χ0n) is 12.4. The van der Waals surface area contributed by atoms with Crippen molar-refractivity contribution in [2.75, 3.05) is 51.3 Å². The molecule has 1 aliphatic heterocycles. The Morgan fingerprint density at radius 3 is 2.81 bits per heavy atom. The first-order valence-corrected chi connectivity index (χ1v) is 8.73. The Hall–Kier alpha value is -1.31. The van der Waals surface area contributed by atoms with E-state index < -0.39 is 10.0 Å². The summed E-state index contributed by atoms with van der Waals surface area (Å²) in [6.45, 7) is 2.99. The van der Waals surface area contributed by atoms with E-state index in [2.05, 4.69) is 4.90 Å². The minimum absolute atomic E-state index is 0.00842. The molecular weight excluding hydrogens is 290 g/mol. The predicted molar refractivity (Wildman–Crippen MR) is 83.8 cm³/mol. The van der Waals surface area contributed by atoms with Gasteiger partial charge in [0, 0.05) is 31.4 Å². The van der Waals surface area contributed by atoms with E-state index in [0.717, 1.165) is 19.5 Å². The van der Waals surface area contributed by atoms with Crippen molar-refractivity contribution in [3.8, 4) is 5.75 Å². The lowest BCUT2D eigenvalue weighted by atomic mass is 10.3. The largest absolute Gasteiger partial charge is 0.492 e. The highest BCUT2D eigenvalue weighted by atomic mass is 32.2. The Morgan fingerprint density at radius 1 is 1.24 bits per heavy atom. The molecule has 1 aliphatic rings. The van der Waals surface area contributed by atoms with Crippen LogP contribution in [0.15, 0.2) is 24.3 Å². The molecule has 0 amide bonds. The van der Waals surface area contributed by atoms with Gasteiger partial charge in [0.2, 0.25) is 10.0 Å². The van der Waals surface area contributed by atoms with Crippen molar-refractivity contribution < 1.29 is 13.2 Å². The van der Waals surface area contributed by atoms with Crippen molar-refractivity contribution in [3.63, 3.8) is 0 Å². The molecule has 0 unspecified atom stereocenters. The van der Waals surface area contributed by atoms with E-state index in [-0.39, 0.29) is 12.4 Å². The van der Waals surface area contributed by atoms with Crippen molar-refractivity contribution in [1.29, 1.82) is 0 Å². The second-order valence-electron chi connectivity index (χ2n) is 5.29.